The molecule has 212 valence electrons. The number of carbonyl (C=O) groups is 2. The predicted octanol–water partition coefficient (Wildman–Crippen LogP) is 5.63. The first-order valence-corrected chi connectivity index (χ1v) is 15.4. The van der Waals surface area contributed by atoms with Crippen molar-refractivity contribution >= 4 is 39.1 Å². The summed E-state index contributed by atoms with van der Waals surface area (Å²) in [6.45, 7) is 5.09. The highest BCUT2D eigenvalue weighted by molar-refractivity contribution is 7.92. The molecule has 40 heavy (non-hydrogen) atoms. The molecule has 3 aromatic rings. The summed E-state index contributed by atoms with van der Waals surface area (Å²) in [7, 11) is -4.09. The molecule has 4 rings (SSSR count). The Balaban J connectivity index is 1.68. The van der Waals surface area contributed by atoms with Gasteiger partial charge in [-0.15, -0.1) is 0 Å². The maximum absolute atomic E-state index is 14.0. The number of halogens is 1. The van der Waals surface area contributed by atoms with Crippen LogP contribution in [0.15, 0.2) is 77.7 Å². The highest BCUT2D eigenvalue weighted by Crippen LogP contribution is 2.26. The van der Waals surface area contributed by atoms with Gasteiger partial charge >= 0.3 is 0 Å². The molecule has 0 saturated heterocycles. The highest BCUT2D eigenvalue weighted by Gasteiger charge is 2.33. The van der Waals surface area contributed by atoms with Gasteiger partial charge in [0.2, 0.25) is 11.8 Å². The van der Waals surface area contributed by atoms with Crippen molar-refractivity contribution in [2.45, 2.75) is 70.0 Å². The van der Waals surface area contributed by atoms with Gasteiger partial charge in [0.15, 0.2) is 0 Å². The monoisotopic (exact) mass is 581 g/mol. The number of hydrogen-bond donors (Lipinski definition) is 1. The van der Waals surface area contributed by atoms with Crippen LogP contribution in [0.1, 0.15) is 49.3 Å². The van der Waals surface area contributed by atoms with Crippen LogP contribution in [0.4, 0.5) is 5.69 Å². The third kappa shape index (κ3) is 7.23. The first-order chi connectivity index (χ1) is 19.0. The first kappa shape index (κ1) is 29.6. The largest absolute Gasteiger partial charge is 0.352 e. The fraction of sp³-hybridized carbons (Fsp3) is 0.355. The summed E-state index contributed by atoms with van der Waals surface area (Å²) in [5, 5.41) is 3.64. The minimum Gasteiger partial charge on any atom is -0.352 e. The molecule has 1 saturated carbocycles. The fourth-order valence-corrected chi connectivity index (χ4v) is 6.44. The van der Waals surface area contributed by atoms with Crippen molar-refractivity contribution in [2.75, 3.05) is 10.8 Å². The molecule has 0 aliphatic heterocycles. The zero-order valence-electron chi connectivity index (χ0n) is 23.1. The van der Waals surface area contributed by atoms with E-state index in [1.165, 1.54) is 4.90 Å². The van der Waals surface area contributed by atoms with E-state index >= 15 is 0 Å². The average Bonchev–Trinajstić information content (AvgIpc) is 3.44. The van der Waals surface area contributed by atoms with Crippen molar-refractivity contribution in [2.24, 2.45) is 0 Å². The molecule has 7 nitrogen and oxygen atoms in total. The number of benzene rings is 3. The normalized spacial score (nSPS) is 14.5. The number of hydrogen-bond acceptors (Lipinski definition) is 4. The standard InChI is InChI=1S/C31H36ClN3O4S/c1-22-11-17-29(18-12-22)40(38,39)35(28-10-6-7-23(2)19-28)21-30(36)34(20-25-13-15-26(32)16-14-25)24(3)31(37)33-27-8-4-5-9-27/h6-7,10-19,24,27H,4-5,8-9,20-21H2,1-3H3,(H,33,37). The highest BCUT2D eigenvalue weighted by atomic mass is 35.5. The van der Waals surface area contributed by atoms with Gasteiger partial charge in [0, 0.05) is 17.6 Å². The Hall–Kier alpha value is -3.36. The van der Waals surface area contributed by atoms with Crippen molar-refractivity contribution in [1.82, 2.24) is 10.2 Å². The number of amides is 2. The molecule has 0 radical (unpaired) electrons. The number of rotatable bonds is 10. The minimum atomic E-state index is -4.09. The Morgan fingerprint density at radius 1 is 0.950 bits per heavy atom. The Morgan fingerprint density at radius 3 is 2.23 bits per heavy atom. The lowest BCUT2D eigenvalue weighted by Gasteiger charge is -2.32. The molecule has 2 amide bonds. The van der Waals surface area contributed by atoms with E-state index in [1.807, 2.05) is 19.9 Å². The third-order valence-corrected chi connectivity index (χ3v) is 9.35. The average molecular weight is 582 g/mol. The summed E-state index contributed by atoms with van der Waals surface area (Å²) >= 11 is 6.07. The van der Waals surface area contributed by atoms with Crippen LogP contribution in [0.2, 0.25) is 5.02 Å². The molecule has 0 aromatic heterocycles. The lowest BCUT2D eigenvalue weighted by molar-refractivity contribution is -0.139. The second-order valence-electron chi connectivity index (χ2n) is 10.5. The summed E-state index contributed by atoms with van der Waals surface area (Å²) in [6.07, 6.45) is 3.96. The first-order valence-electron chi connectivity index (χ1n) is 13.5. The van der Waals surface area contributed by atoms with Gasteiger partial charge in [0.1, 0.15) is 12.6 Å². The van der Waals surface area contributed by atoms with Gasteiger partial charge in [-0.2, -0.15) is 0 Å². The summed E-state index contributed by atoms with van der Waals surface area (Å²) < 4.78 is 28.9. The molecule has 0 spiro atoms. The van der Waals surface area contributed by atoms with E-state index in [1.54, 1.807) is 73.7 Å². The second-order valence-corrected chi connectivity index (χ2v) is 12.8. The van der Waals surface area contributed by atoms with E-state index in [9.17, 15) is 18.0 Å². The molecule has 1 aliphatic carbocycles. The summed E-state index contributed by atoms with van der Waals surface area (Å²) in [5.74, 6) is -0.737. The van der Waals surface area contributed by atoms with E-state index in [0.717, 1.165) is 46.7 Å². The molecule has 0 heterocycles. The predicted molar refractivity (Wildman–Crippen MR) is 159 cm³/mol. The quantitative estimate of drug-likeness (QED) is 0.336. The number of anilines is 1. The van der Waals surface area contributed by atoms with Crippen LogP contribution in [0.3, 0.4) is 0 Å². The van der Waals surface area contributed by atoms with Crippen LogP contribution in [0, 0.1) is 13.8 Å². The molecular weight excluding hydrogens is 546 g/mol. The minimum absolute atomic E-state index is 0.0867. The topological polar surface area (TPSA) is 86.8 Å². The number of nitrogens with one attached hydrogen (secondary N) is 1. The van der Waals surface area contributed by atoms with Gasteiger partial charge in [0.05, 0.1) is 10.6 Å². The van der Waals surface area contributed by atoms with E-state index in [-0.39, 0.29) is 23.4 Å². The fourth-order valence-electron chi connectivity index (χ4n) is 4.91. The molecule has 3 aromatic carbocycles. The van der Waals surface area contributed by atoms with E-state index in [0.29, 0.717) is 10.7 Å². The number of sulfonamides is 1. The number of aryl methyl sites for hydroxylation is 2. The van der Waals surface area contributed by atoms with Crippen molar-refractivity contribution in [3.05, 3.63) is 94.5 Å². The van der Waals surface area contributed by atoms with Crippen LogP contribution in [-0.4, -0.2) is 43.8 Å². The lowest BCUT2D eigenvalue weighted by atomic mass is 10.1. The summed E-state index contributed by atoms with van der Waals surface area (Å²) in [5.41, 5.74) is 2.94. The van der Waals surface area contributed by atoms with Crippen molar-refractivity contribution < 1.29 is 18.0 Å². The van der Waals surface area contributed by atoms with Gasteiger partial charge in [-0.25, -0.2) is 8.42 Å². The van der Waals surface area contributed by atoms with Crippen molar-refractivity contribution in [3.63, 3.8) is 0 Å². The van der Waals surface area contributed by atoms with E-state index in [2.05, 4.69) is 5.32 Å². The molecule has 0 bridgehead atoms. The Morgan fingerprint density at radius 2 is 1.60 bits per heavy atom. The zero-order chi connectivity index (χ0) is 28.9. The van der Waals surface area contributed by atoms with Crippen LogP contribution in [-0.2, 0) is 26.2 Å². The maximum atomic E-state index is 14.0. The van der Waals surface area contributed by atoms with Gasteiger partial charge in [0.25, 0.3) is 10.0 Å². The SMILES string of the molecule is Cc1ccc(S(=O)(=O)N(CC(=O)N(Cc2ccc(Cl)cc2)C(C)C(=O)NC2CCCC2)c2cccc(C)c2)cc1. The van der Waals surface area contributed by atoms with Crippen LogP contribution < -0.4 is 9.62 Å². The van der Waals surface area contributed by atoms with Gasteiger partial charge in [-0.3, -0.25) is 13.9 Å². The molecule has 9 heteroatoms. The van der Waals surface area contributed by atoms with Crippen molar-refractivity contribution in [3.8, 4) is 0 Å². The number of carbonyl (C=O) groups excluding carboxylic acids is 2. The Labute approximate surface area is 242 Å². The lowest BCUT2D eigenvalue weighted by Crippen LogP contribution is -2.52. The zero-order valence-corrected chi connectivity index (χ0v) is 24.7. The van der Waals surface area contributed by atoms with Gasteiger partial charge in [-0.1, -0.05) is 66.4 Å². The summed E-state index contributed by atoms with van der Waals surface area (Å²) in [4.78, 5) is 28.8. The third-order valence-electron chi connectivity index (χ3n) is 7.31. The second kappa shape index (κ2) is 12.9. The molecule has 1 unspecified atom stereocenters. The summed E-state index contributed by atoms with van der Waals surface area (Å²) in [6, 6.07) is 19.9. The number of nitrogens with zero attached hydrogens (tertiary/aromatic N) is 2. The Bertz CT molecular complexity index is 1440. The van der Waals surface area contributed by atoms with Gasteiger partial charge in [-0.05, 0) is 81.1 Å². The Kier molecular flexibility index (Phi) is 9.53. The van der Waals surface area contributed by atoms with Crippen LogP contribution >= 0.6 is 11.6 Å². The maximum Gasteiger partial charge on any atom is 0.264 e. The smallest absolute Gasteiger partial charge is 0.264 e. The molecule has 1 aliphatic rings. The van der Waals surface area contributed by atoms with E-state index in [4.69, 9.17) is 11.6 Å². The molecule has 1 fully saturated rings. The molecule has 1 N–H and O–H groups in total. The molecule has 1 atom stereocenters. The van der Waals surface area contributed by atoms with Crippen molar-refractivity contribution in [1.29, 1.82) is 0 Å². The molecular formula is C31H36ClN3O4S. The van der Waals surface area contributed by atoms with Crippen LogP contribution in [0.25, 0.3) is 0 Å². The van der Waals surface area contributed by atoms with Gasteiger partial charge < -0.3 is 10.2 Å². The van der Waals surface area contributed by atoms with E-state index < -0.39 is 28.5 Å². The van der Waals surface area contributed by atoms with Crippen LogP contribution in [0.5, 0.6) is 0 Å².